The summed E-state index contributed by atoms with van der Waals surface area (Å²) in [4.78, 5) is 23.7. The molecule has 0 fully saturated rings. The number of carbonyl (C=O) groups is 2. The summed E-state index contributed by atoms with van der Waals surface area (Å²) in [5, 5.41) is 13.0. The largest absolute Gasteiger partial charge is 0.354 e. The van der Waals surface area contributed by atoms with Crippen LogP contribution in [0.4, 0.5) is 4.79 Å². The average molecular weight is 371 g/mol. The smallest absolute Gasteiger partial charge is 0.315 e. The summed E-state index contributed by atoms with van der Waals surface area (Å²) in [6, 6.07) is 9.74. The topological polar surface area (TPSA) is 88.1 Å². The predicted octanol–water partition coefficient (Wildman–Crippen LogP) is 2.59. The van der Waals surface area contributed by atoms with Gasteiger partial charge in [0.2, 0.25) is 5.91 Å². The molecule has 1 atom stereocenters. The minimum atomic E-state index is -0.294. The second-order valence-corrected chi connectivity index (χ2v) is 6.63. The molecule has 0 aliphatic rings. The molecule has 1 unspecified atom stereocenters. The number of amides is 3. The molecule has 2 aromatic rings. The van der Waals surface area contributed by atoms with Crippen molar-refractivity contribution in [2.75, 3.05) is 6.54 Å². The molecule has 7 nitrogen and oxygen atoms in total. The number of hydrogen-bond donors (Lipinski definition) is 3. The van der Waals surface area contributed by atoms with Gasteiger partial charge < -0.3 is 16.0 Å². The second kappa shape index (κ2) is 9.75. The van der Waals surface area contributed by atoms with Gasteiger partial charge in [-0.25, -0.2) is 9.48 Å². The van der Waals surface area contributed by atoms with Crippen LogP contribution >= 0.6 is 0 Å². The zero-order valence-electron chi connectivity index (χ0n) is 16.5. The minimum absolute atomic E-state index is 0.0551. The van der Waals surface area contributed by atoms with Crippen molar-refractivity contribution in [3.8, 4) is 5.69 Å². The first-order valence-corrected chi connectivity index (χ1v) is 9.34. The van der Waals surface area contributed by atoms with Crippen LogP contribution < -0.4 is 16.0 Å². The molecule has 7 heteroatoms. The third-order valence-electron chi connectivity index (χ3n) is 4.53. The Labute approximate surface area is 160 Å². The Morgan fingerprint density at radius 3 is 2.52 bits per heavy atom. The molecule has 27 heavy (non-hydrogen) atoms. The van der Waals surface area contributed by atoms with E-state index in [-0.39, 0.29) is 24.4 Å². The van der Waals surface area contributed by atoms with Crippen molar-refractivity contribution in [2.45, 2.75) is 53.1 Å². The fourth-order valence-corrected chi connectivity index (χ4v) is 2.72. The number of hydrogen-bond acceptors (Lipinski definition) is 3. The first kappa shape index (κ1) is 20.5. The van der Waals surface area contributed by atoms with Crippen LogP contribution in [-0.4, -0.2) is 34.3 Å². The van der Waals surface area contributed by atoms with E-state index in [4.69, 9.17) is 0 Å². The first-order valence-electron chi connectivity index (χ1n) is 9.34. The van der Waals surface area contributed by atoms with Crippen LogP contribution in [0.1, 0.15) is 43.6 Å². The molecule has 0 aliphatic heterocycles. The van der Waals surface area contributed by atoms with Crippen molar-refractivity contribution >= 4 is 11.9 Å². The number of benzene rings is 1. The molecule has 1 aromatic carbocycles. The van der Waals surface area contributed by atoms with Crippen LogP contribution in [0.3, 0.4) is 0 Å². The van der Waals surface area contributed by atoms with Crippen molar-refractivity contribution < 1.29 is 9.59 Å². The highest BCUT2D eigenvalue weighted by molar-refractivity contribution is 5.78. The molecule has 1 heterocycles. The molecule has 1 aromatic heterocycles. The third-order valence-corrected chi connectivity index (χ3v) is 4.53. The summed E-state index contributed by atoms with van der Waals surface area (Å²) < 4.78 is 1.88. The Kier molecular flexibility index (Phi) is 7.40. The molecular weight excluding hydrogens is 342 g/mol. The number of nitrogens with one attached hydrogen (secondary N) is 3. The zero-order valence-corrected chi connectivity index (χ0v) is 16.5. The van der Waals surface area contributed by atoms with Crippen molar-refractivity contribution in [3.63, 3.8) is 0 Å². The Balaban J connectivity index is 1.84. The lowest BCUT2D eigenvalue weighted by Crippen LogP contribution is -2.39. The molecule has 0 bridgehead atoms. The van der Waals surface area contributed by atoms with Crippen LogP contribution in [0.15, 0.2) is 30.3 Å². The monoisotopic (exact) mass is 371 g/mol. The van der Waals surface area contributed by atoms with Gasteiger partial charge in [0.1, 0.15) is 0 Å². The number of para-hydroxylation sites is 1. The van der Waals surface area contributed by atoms with E-state index in [2.05, 4.69) is 21.0 Å². The van der Waals surface area contributed by atoms with Crippen molar-refractivity contribution in [1.29, 1.82) is 0 Å². The first-order chi connectivity index (χ1) is 12.9. The van der Waals surface area contributed by atoms with Gasteiger partial charge >= 0.3 is 6.03 Å². The number of urea groups is 1. The summed E-state index contributed by atoms with van der Waals surface area (Å²) in [6.07, 6.45) is 1.15. The van der Waals surface area contributed by atoms with E-state index in [9.17, 15) is 9.59 Å². The van der Waals surface area contributed by atoms with E-state index in [0.29, 0.717) is 13.1 Å². The van der Waals surface area contributed by atoms with E-state index in [1.165, 1.54) is 0 Å². The van der Waals surface area contributed by atoms with Gasteiger partial charge in [-0.2, -0.15) is 5.10 Å². The highest BCUT2D eigenvalue weighted by Crippen LogP contribution is 2.17. The van der Waals surface area contributed by atoms with Crippen molar-refractivity contribution in [3.05, 3.63) is 47.3 Å². The van der Waals surface area contributed by atoms with Gasteiger partial charge in [-0.1, -0.05) is 25.1 Å². The van der Waals surface area contributed by atoms with Crippen molar-refractivity contribution in [2.24, 2.45) is 0 Å². The van der Waals surface area contributed by atoms with E-state index in [1.807, 2.05) is 62.7 Å². The van der Waals surface area contributed by atoms with E-state index >= 15 is 0 Å². The maximum absolute atomic E-state index is 12.0. The summed E-state index contributed by atoms with van der Waals surface area (Å²) in [6.45, 7) is 8.57. The number of aryl methyl sites for hydroxylation is 1. The van der Waals surface area contributed by atoms with Gasteiger partial charge in [-0.3, -0.25) is 4.79 Å². The lowest BCUT2D eigenvalue weighted by atomic mass is 10.2. The highest BCUT2D eigenvalue weighted by atomic mass is 16.2. The van der Waals surface area contributed by atoms with Gasteiger partial charge in [-0.05, 0) is 39.3 Å². The summed E-state index contributed by atoms with van der Waals surface area (Å²) in [7, 11) is 0. The molecule has 0 aliphatic carbocycles. The Morgan fingerprint density at radius 1 is 1.15 bits per heavy atom. The highest BCUT2D eigenvalue weighted by Gasteiger charge is 2.13. The fourth-order valence-electron chi connectivity index (χ4n) is 2.72. The lowest BCUT2D eigenvalue weighted by Gasteiger charge is -2.12. The maximum atomic E-state index is 12.0. The minimum Gasteiger partial charge on any atom is -0.354 e. The molecule has 3 amide bonds. The molecule has 0 spiro atoms. The van der Waals surface area contributed by atoms with Crippen LogP contribution in [0.25, 0.3) is 5.69 Å². The molecule has 2 rings (SSSR count). The number of nitrogens with zero attached hydrogens (tertiary/aromatic N) is 2. The Morgan fingerprint density at radius 2 is 1.85 bits per heavy atom. The normalized spacial score (nSPS) is 11.7. The second-order valence-electron chi connectivity index (χ2n) is 6.63. The maximum Gasteiger partial charge on any atom is 0.315 e. The van der Waals surface area contributed by atoms with E-state index < -0.39 is 0 Å². The number of aromatic nitrogens is 2. The van der Waals surface area contributed by atoms with Gasteiger partial charge in [0, 0.05) is 36.8 Å². The van der Waals surface area contributed by atoms with E-state index in [1.54, 1.807) is 0 Å². The van der Waals surface area contributed by atoms with Crippen LogP contribution in [0.5, 0.6) is 0 Å². The molecule has 3 N–H and O–H groups in total. The molecule has 146 valence electrons. The van der Waals surface area contributed by atoms with Crippen LogP contribution in [0.2, 0.25) is 0 Å². The standard InChI is InChI=1S/C20H29N5O2/c1-5-14(2)23-19(26)11-12-21-20(27)22-13-18-15(3)24-25(16(18)4)17-9-7-6-8-10-17/h6-10,14H,5,11-13H2,1-4H3,(H,23,26)(H2,21,22,27). The number of carbonyl (C=O) groups excluding carboxylic acids is 2. The number of rotatable bonds is 8. The van der Waals surface area contributed by atoms with Gasteiger partial charge in [0.05, 0.1) is 11.4 Å². The summed E-state index contributed by atoms with van der Waals surface area (Å²) in [5.41, 5.74) is 3.85. The van der Waals surface area contributed by atoms with Crippen LogP contribution in [0, 0.1) is 13.8 Å². The van der Waals surface area contributed by atoms with Crippen LogP contribution in [-0.2, 0) is 11.3 Å². The fraction of sp³-hybridized carbons (Fsp3) is 0.450. The van der Waals surface area contributed by atoms with Crippen molar-refractivity contribution in [1.82, 2.24) is 25.7 Å². The molecule has 0 saturated heterocycles. The Bertz CT molecular complexity index is 770. The van der Waals surface area contributed by atoms with E-state index in [0.717, 1.165) is 29.1 Å². The quantitative estimate of drug-likeness (QED) is 0.666. The molecule has 0 saturated carbocycles. The molecular formula is C20H29N5O2. The van der Waals surface area contributed by atoms with Gasteiger partial charge in [-0.15, -0.1) is 0 Å². The van der Waals surface area contributed by atoms with Gasteiger partial charge in [0.15, 0.2) is 0 Å². The Hall–Kier alpha value is -2.83. The predicted molar refractivity (Wildman–Crippen MR) is 106 cm³/mol. The zero-order chi connectivity index (χ0) is 19.8. The summed E-state index contributed by atoms with van der Waals surface area (Å²) in [5.74, 6) is -0.0551. The van der Waals surface area contributed by atoms with Gasteiger partial charge in [0.25, 0.3) is 0 Å². The summed E-state index contributed by atoms with van der Waals surface area (Å²) >= 11 is 0. The lowest BCUT2D eigenvalue weighted by molar-refractivity contribution is -0.121. The molecule has 0 radical (unpaired) electrons. The SMILES string of the molecule is CCC(C)NC(=O)CCNC(=O)NCc1c(C)nn(-c2ccccc2)c1C. The average Bonchev–Trinajstić information content (AvgIpc) is 2.94. The third kappa shape index (κ3) is 5.84.